The summed E-state index contributed by atoms with van der Waals surface area (Å²) in [6.45, 7) is 7.04. The van der Waals surface area contributed by atoms with Crippen molar-refractivity contribution >= 4 is 17.3 Å². The second-order valence-corrected chi connectivity index (χ2v) is 7.52. The van der Waals surface area contributed by atoms with Crippen LogP contribution in [-0.2, 0) is 6.54 Å². The predicted octanol–water partition coefficient (Wildman–Crippen LogP) is 4.19. The summed E-state index contributed by atoms with van der Waals surface area (Å²) in [6.07, 6.45) is 0. The molecular formula is C22H26FN5O. The van der Waals surface area contributed by atoms with Crippen molar-refractivity contribution in [3.05, 3.63) is 71.3 Å². The van der Waals surface area contributed by atoms with Gasteiger partial charge in [0.25, 0.3) is 5.91 Å². The van der Waals surface area contributed by atoms with Crippen LogP contribution in [0.5, 0.6) is 0 Å². The van der Waals surface area contributed by atoms with E-state index >= 15 is 0 Å². The summed E-state index contributed by atoms with van der Waals surface area (Å²) < 4.78 is 14.2. The number of aromatic nitrogens is 3. The summed E-state index contributed by atoms with van der Waals surface area (Å²) in [7, 11) is 1.96. The van der Waals surface area contributed by atoms with Crippen molar-refractivity contribution in [2.45, 2.75) is 27.3 Å². The number of carbonyl (C=O) groups excluding carboxylic acids is 1. The van der Waals surface area contributed by atoms with Crippen LogP contribution in [0.3, 0.4) is 0 Å². The molecule has 29 heavy (non-hydrogen) atoms. The standard InChI is InChI=1S/C22H26FN5O/c1-15(2)13-28(22(29)19-10-5-6-11-20(19)23)18-9-7-8-17(12-18)27(4)14-21-16(3)24-26-25-21/h5-12,15H,13-14H2,1-4H3,(H,24,25,26). The smallest absolute Gasteiger partial charge is 0.261 e. The van der Waals surface area contributed by atoms with E-state index in [-0.39, 0.29) is 17.4 Å². The molecule has 0 saturated heterocycles. The van der Waals surface area contributed by atoms with Crippen LogP contribution in [0.25, 0.3) is 0 Å². The van der Waals surface area contributed by atoms with E-state index in [1.807, 2.05) is 57.0 Å². The maximum Gasteiger partial charge on any atom is 0.261 e. The van der Waals surface area contributed by atoms with Crippen LogP contribution in [0.15, 0.2) is 48.5 Å². The van der Waals surface area contributed by atoms with Crippen molar-refractivity contribution in [1.29, 1.82) is 0 Å². The van der Waals surface area contributed by atoms with Gasteiger partial charge in [0, 0.05) is 25.0 Å². The molecule has 0 aliphatic carbocycles. The zero-order valence-electron chi connectivity index (χ0n) is 17.2. The second-order valence-electron chi connectivity index (χ2n) is 7.52. The number of H-pyrrole nitrogens is 1. The Labute approximate surface area is 170 Å². The summed E-state index contributed by atoms with van der Waals surface area (Å²) in [5.74, 6) is -0.630. The first-order valence-electron chi connectivity index (χ1n) is 9.60. The maximum absolute atomic E-state index is 14.2. The average Bonchev–Trinajstić information content (AvgIpc) is 3.10. The molecule has 0 fully saturated rings. The first-order chi connectivity index (χ1) is 13.9. The Balaban J connectivity index is 1.90. The summed E-state index contributed by atoms with van der Waals surface area (Å²) >= 11 is 0. The largest absolute Gasteiger partial charge is 0.368 e. The molecule has 0 saturated carbocycles. The van der Waals surface area contributed by atoms with Crippen LogP contribution in [0.1, 0.15) is 35.6 Å². The number of benzene rings is 2. The second kappa shape index (κ2) is 8.86. The van der Waals surface area contributed by atoms with Crippen LogP contribution in [0.2, 0.25) is 0 Å². The number of aromatic amines is 1. The Hall–Kier alpha value is -3.22. The van der Waals surface area contributed by atoms with E-state index in [0.717, 1.165) is 22.8 Å². The van der Waals surface area contributed by atoms with Gasteiger partial charge in [-0.3, -0.25) is 4.79 Å². The normalized spacial score (nSPS) is 11.0. The molecule has 3 rings (SSSR count). The van der Waals surface area contributed by atoms with Gasteiger partial charge in [-0.1, -0.05) is 32.0 Å². The molecule has 0 bridgehead atoms. The Morgan fingerprint density at radius 1 is 1.10 bits per heavy atom. The van der Waals surface area contributed by atoms with Gasteiger partial charge >= 0.3 is 0 Å². The van der Waals surface area contributed by atoms with E-state index in [4.69, 9.17) is 0 Å². The molecule has 1 aromatic heterocycles. The molecule has 1 N–H and O–H groups in total. The molecule has 0 aliphatic heterocycles. The van der Waals surface area contributed by atoms with Crippen LogP contribution in [0.4, 0.5) is 15.8 Å². The lowest BCUT2D eigenvalue weighted by Crippen LogP contribution is -2.35. The first kappa shape index (κ1) is 20.5. The Bertz CT molecular complexity index is 985. The molecule has 1 heterocycles. The lowest BCUT2D eigenvalue weighted by molar-refractivity contribution is 0.0980. The number of nitrogens with zero attached hydrogens (tertiary/aromatic N) is 4. The number of amides is 1. The molecule has 1 amide bonds. The molecule has 152 valence electrons. The molecule has 0 radical (unpaired) electrons. The molecule has 0 unspecified atom stereocenters. The number of rotatable bonds is 7. The monoisotopic (exact) mass is 395 g/mol. The SMILES string of the molecule is Cc1n[nH]nc1CN(C)c1cccc(N(CC(C)C)C(=O)c2ccccc2F)c1. The number of nitrogens with one attached hydrogen (secondary N) is 1. The van der Waals surface area contributed by atoms with Crippen LogP contribution >= 0.6 is 0 Å². The minimum Gasteiger partial charge on any atom is -0.368 e. The third-order valence-corrected chi connectivity index (χ3v) is 4.69. The number of hydrogen-bond acceptors (Lipinski definition) is 4. The quantitative estimate of drug-likeness (QED) is 0.651. The van der Waals surface area contributed by atoms with Crippen molar-refractivity contribution in [1.82, 2.24) is 15.4 Å². The van der Waals surface area contributed by atoms with Crippen LogP contribution in [0, 0.1) is 18.7 Å². The van der Waals surface area contributed by atoms with Gasteiger partial charge in [-0.25, -0.2) is 4.39 Å². The van der Waals surface area contributed by atoms with Crippen molar-refractivity contribution in [3.63, 3.8) is 0 Å². The number of halogens is 1. The predicted molar refractivity (Wildman–Crippen MR) is 113 cm³/mol. The number of hydrogen-bond donors (Lipinski definition) is 1. The lowest BCUT2D eigenvalue weighted by Gasteiger charge is -2.27. The number of anilines is 2. The van der Waals surface area contributed by atoms with E-state index in [1.165, 1.54) is 12.1 Å². The van der Waals surface area contributed by atoms with Gasteiger partial charge < -0.3 is 9.80 Å². The van der Waals surface area contributed by atoms with E-state index in [9.17, 15) is 9.18 Å². The maximum atomic E-state index is 14.2. The fourth-order valence-corrected chi connectivity index (χ4v) is 3.12. The highest BCUT2D eigenvalue weighted by molar-refractivity contribution is 6.06. The van der Waals surface area contributed by atoms with Crippen LogP contribution in [-0.4, -0.2) is 34.9 Å². The summed E-state index contributed by atoms with van der Waals surface area (Å²) in [6, 6.07) is 13.8. The van der Waals surface area contributed by atoms with Gasteiger partial charge in [0.2, 0.25) is 0 Å². The highest BCUT2D eigenvalue weighted by Crippen LogP contribution is 2.26. The van der Waals surface area contributed by atoms with E-state index in [1.54, 1.807) is 17.0 Å². The third-order valence-electron chi connectivity index (χ3n) is 4.69. The zero-order chi connectivity index (χ0) is 21.0. The summed E-state index contributed by atoms with van der Waals surface area (Å²) in [4.78, 5) is 16.8. The number of aryl methyl sites for hydroxylation is 1. The first-order valence-corrected chi connectivity index (χ1v) is 9.60. The minimum atomic E-state index is -0.513. The van der Waals surface area contributed by atoms with Crippen molar-refractivity contribution in [2.75, 3.05) is 23.4 Å². The van der Waals surface area contributed by atoms with Gasteiger partial charge in [-0.15, -0.1) is 0 Å². The van der Waals surface area contributed by atoms with Gasteiger partial charge in [-0.2, -0.15) is 15.4 Å². The fourth-order valence-electron chi connectivity index (χ4n) is 3.12. The van der Waals surface area contributed by atoms with Gasteiger partial charge in [0.1, 0.15) is 11.5 Å². The Morgan fingerprint density at radius 2 is 1.83 bits per heavy atom. The molecule has 0 spiro atoms. The van der Waals surface area contributed by atoms with Gasteiger partial charge in [-0.05, 0) is 43.2 Å². The van der Waals surface area contributed by atoms with Crippen LogP contribution < -0.4 is 9.80 Å². The molecule has 3 aromatic rings. The van der Waals surface area contributed by atoms with Crippen molar-refractivity contribution in [3.8, 4) is 0 Å². The highest BCUT2D eigenvalue weighted by atomic mass is 19.1. The molecular weight excluding hydrogens is 369 g/mol. The Kier molecular flexibility index (Phi) is 6.26. The van der Waals surface area contributed by atoms with Gasteiger partial charge in [0.05, 0.1) is 17.8 Å². The lowest BCUT2D eigenvalue weighted by atomic mass is 10.1. The highest BCUT2D eigenvalue weighted by Gasteiger charge is 2.22. The third kappa shape index (κ3) is 4.80. The van der Waals surface area contributed by atoms with E-state index < -0.39 is 5.82 Å². The average molecular weight is 395 g/mol. The Morgan fingerprint density at radius 3 is 2.48 bits per heavy atom. The minimum absolute atomic E-state index is 0.0742. The van der Waals surface area contributed by atoms with Crippen molar-refractivity contribution < 1.29 is 9.18 Å². The molecule has 2 aromatic carbocycles. The number of carbonyl (C=O) groups is 1. The van der Waals surface area contributed by atoms with Gasteiger partial charge in [0.15, 0.2) is 0 Å². The van der Waals surface area contributed by atoms with Crippen molar-refractivity contribution in [2.24, 2.45) is 5.92 Å². The molecule has 0 atom stereocenters. The fraction of sp³-hybridized carbons (Fsp3) is 0.318. The zero-order valence-corrected chi connectivity index (χ0v) is 17.2. The van der Waals surface area contributed by atoms with E-state index in [2.05, 4.69) is 15.4 Å². The molecule has 6 nitrogen and oxygen atoms in total. The molecule has 7 heteroatoms. The topological polar surface area (TPSA) is 65.1 Å². The molecule has 0 aliphatic rings. The van der Waals surface area contributed by atoms with E-state index in [0.29, 0.717) is 13.1 Å². The summed E-state index contributed by atoms with van der Waals surface area (Å²) in [5, 5.41) is 10.9. The summed E-state index contributed by atoms with van der Waals surface area (Å²) in [5.41, 5.74) is 3.45.